The van der Waals surface area contributed by atoms with Gasteiger partial charge in [0.1, 0.15) is 4.90 Å². The van der Waals surface area contributed by atoms with Gasteiger partial charge in [0.05, 0.1) is 5.69 Å². The van der Waals surface area contributed by atoms with Crippen molar-refractivity contribution in [3.05, 3.63) is 48.3 Å². The van der Waals surface area contributed by atoms with Crippen LogP contribution in [-0.4, -0.2) is 13.4 Å². The number of nitrogens with zero attached hydrogens (tertiary/aromatic N) is 1. The summed E-state index contributed by atoms with van der Waals surface area (Å²) in [6, 6.07) is 8.75. The third-order valence-electron chi connectivity index (χ3n) is 2.91. The highest BCUT2D eigenvalue weighted by molar-refractivity contribution is 7.92. The largest absolute Gasteiger partial charge is 0.398 e. The highest BCUT2D eigenvalue weighted by Crippen LogP contribution is 2.23. The van der Waals surface area contributed by atoms with Crippen LogP contribution < -0.4 is 10.5 Å². The van der Waals surface area contributed by atoms with Crippen molar-refractivity contribution in [1.82, 2.24) is 4.98 Å². The Hall–Kier alpha value is -2.08. The molecule has 0 amide bonds. The first-order valence-corrected chi connectivity index (χ1v) is 7.71. The molecular weight excluding hydrogens is 274 g/mol. The minimum Gasteiger partial charge on any atom is -0.398 e. The fourth-order valence-electron chi connectivity index (χ4n) is 1.79. The molecule has 1 heterocycles. The van der Waals surface area contributed by atoms with Gasteiger partial charge in [0.15, 0.2) is 0 Å². The Morgan fingerprint density at radius 3 is 2.65 bits per heavy atom. The van der Waals surface area contributed by atoms with Crippen LogP contribution in [0.15, 0.2) is 47.6 Å². The van der Waals surface area contributed by atoms with Gasteiger partial charge in [-0.1, -0.05) is 26.0 Å². The Morgan fingerprint density at radius 2 is 2.00 bits per heavy atom. The van der Waals surface area contributed by atoms with Crippen LogP contribution in [0.4, 0.5) is 11.4 Å². The Bertz CT molecular complexity index is 712. The monoisotopic (exact) mass is 291 g/mol. The number of hydrogen-bond acceptors (Lipinski definition) is 4. The number of hydrogen-bond donors (Lipinski definition) is 2. The lowest BCUT2D eigenvalue weighted by Gasteiger charge is -2.12. The molecule has 0 fully saturated rings. The number of rotatable bonds is 4. The number of nitrogens with one attached hydrogen (secondary N) is 1. The summed E-state index contributed by atoms with van der Waals surface area (Å²) < 4.78 is 27.1. The summed E-state index contributed by atoms with van der Waals surface area (Å²) in [5, 5.41) is 0. The number of pyridine rings is 1. The van der Waals surface area contributed by atoms with Crippen LogP contribution in [-0.2, 0) is 10.0 Å². The summed E-state index contributed by atoms with van der Waals surface area (Å²) in [7, 11) is -3.72. The standard InChI is InChI=1S/C14H17N3O2S/c1-10(2)11-4-3-5-12(8-11)17-20(18,19)14-9-16-7-6-13(14)15/h3-10,17H,1-2H3,(H2,15,16). The SMILES string of the molecule is CC(C)c1cccc(NS(=O)(=O)c2cnccc2N)c1. The Labute approximate surface area is 118 Å². The van der Waals surface area contributed by atoms with Gasteiger partial charge in [0.25, 0.3) is 10.0 Å². The lowest BCUT2D eigenvalue weighted by Crippen LogP contribution is -2.15. The molecule has 0 unspecified atom stereocenters. The van der Waals surface area contributed by atoms with Crippen LogP contribution in [0.3, 0.4) is 0 Å². The molecule has 3 N–H and O–H groups in total. The van der Waals surface area contributed by atoms with Gasteiger partial charge in [0.2, 0.25) is 0 Å². The van der Waals surface area contributed by atoms with Gasteiger partial charge < -0.3 is 5.73 Å². The third kappa shape index (κ3) is 3.08. The number of aromatic nitrogens is 1. The summed E-state index contributed by atoms with van der Waals surface area (Å²) in [4.78, 5) is 3.78. The Balaban J connectivity index is 2.34. The first-order valence-electron chi connectivity index (χ1n) is 6.22. The number of benzene rings is 1. The van der Waals surface area contributed by atoms with Crippen LogP contribution in [0.5, 0.6) is 0 Å². The van der Waals surface area contributed by atoms with E-state index in [1.165, 1.54) is 18.5 Å². The van der Waals surface area contributed by atoms with Crippen molar-refractivity contribution in [3.8, 4) is 0 Å². The summed E-state index contributed by atoms with van der Waals surface area (Å²) >= 11 is 0. The van der Waals surface area contributed by atoms with Crippen LogP contribution in [0.25, 0.3) is 0 Å². The number of nitrogens with two attached hydrogens (primary N) is 1. The molecule has 0 spiro atoms. The molecule has 0 atom stereocenters. The quantitative estimate of drug-likeness (QED) is 0.906. The van der Waals surface area contributed by atoms with Gasteiger partial charge in [0, 0.05) is 18.1 Å². The average molecular weight is 291 g/mol. The first kappa shape index (κ1) is 14.3. The van der Waals surface area contributed by atoms with Crippen molar-refractivity contribution in [3.63, 3.8) is 0 Å². The van der Waals surface area contributed by atoms with E-state index in [4.69, 9.17) is 5.73 Å². The van der Waals surface area contributed by atoms with Crippen LogP contribution >= 0.6 is 0 Å². The molecule has 1 aromatic heterocycles. The van der Waals surface area contributed by atoms with Gasteiger partial charge in [-0.3, -0.25) is 9.71 Å². The molecule has 0 bridgehead atoms. The second-order valence-corrected chi connectivity index (χ2v) is 6.45. The minimum atomic E-state index is -3.72. The predicted octanol–water partition coefficient (Wildman–Crippen LogP) is 2.59. The molecule has 0 aliphatic carbocycles. The lowest BCUT2D eigenvalue weighted by atomic mass is 10.0. The van der Waals surface area contributed by atoms with Crippen molar-refractivity contribution in [2.24, 2.45) is 0 Å². The smallest absolute Gasteiger partial charge is 0.265 e. The van der Waals surface area contributed by atoms with E-state index in [0.717, 1.165) is 5.56 Å². The van der Waals surface area contributed by atoms with Gasteiger partial charge in [-0.2, -0.15) is 0 Å². The molecule has 5 nitrogen and oxygen atoms in total. The van der Waals surface area contributed by atoms with E-state index in [-0.39, 0.29) is 10.6 Å². The van der Waals surface area contributed by atoms with Crippen molar-refractivity contribution < 1.29 is 8.42 Å². The van der Waals surface area contributed by atoms with E-state index >= 15 is 0 Å². The van der Waals surface area contributed by atoms with E-state index in [1.807, 2.05) is 32.0 Å². The van der Waals surface area contributed by atoms with Crippen molar-refractivity contribution in [2.45, 2.75) is 24.7 Å². The molecular formula is C14H17N3O2S. The molecule has 2 rings (SSSR count). The van der Waals surface area contributed by atoms with Crippen molar-refractivity contribution in [1.29, 1.82) is 0 Å². The molecule has 20 heavy (non-hydrogen) atoms. The number of nitrogen functional groups attached to an aromatic ring is 1. The van der Waals surface area contributed by atoms with E-state index in [0.29, 0.717) is 11.6 Å². The van der Waals surface area contributed by atoms with Crippen molar-refractivity contribution in [2.75, 3.05) is 10.5 Å². The fourth-order valence-corrected chi connectivity index (χ4v) is 2.91. The van der Waals surface area contributed by atoms with E-state index in [9.17, 15) is 8.42 Å². The molecule has 6 heteroatoms. The maximum atomic E-state index is 12.3. The second kappa shape index (κ2) is 5.50. The van der Waals surface area contributed by atoms with Crippen LogP contribution in [0, 0.1) is 0 Å². The zero-order valence-electron chi connectivity index (χ0n) is 11.4. The molecule has 106 valence electrons. The molecule has 0 aliphatic heterocycles. The normalized spacial score (nSPS) is 11.6. The topological polar surface area (TPSA) is 85.1 Å². The molecule has 0 aliphatic rings. The lowest BCUT2D eigenvalue weighted by molar-refractivity contribution is 0.601. The predicted molar refractivity (Wildman–Crippen MR) is 80.0 cm³/mol. The third-order valence-corrected chi connectivity index (χ3v) is 4.34. The average Bonchev–Trinajstić information content (AvgIpc) is 2.38. The zero-order chi connectivity index (χ0) is 14.8. The highest BCUT2D eigenvalue weighted by Gasteiger charge is 2.17. The first-order chi connectivity index (χ1) is 9.40. The highest BCUT2D eigenvalue weighted by atomic mass is 32.2. The molecule has 0 saturated heterocycles. The Kier molecular flexibility index (Phi) is 3.94. The minimum absolute atomic E-state index is 0.0186. The summed E-state index contributed by atoms with van der Waals surface area (Å²) in [6.45, 7) is 4.10. The zero-order valence-corrected chi connectivity index (χ0v) is 12.2. The number of anilines is 2. The number of sulfonamides is 1. The van der Waals surface area contributed by atoms with E-state index in [1.54, 1.807) is 6.07 Å². The van der Waals surface area contributed by atoms with Crippen LogP contribution in [0.1, 0.15) is 25.3 Å². The van der Waals surface area contributed by atoms with Gasteiger partial charge >= 0.3 is 0 Å². The maximum Gasteiger partial charge on any atom is 0.265 e. The summed E-state index contributed by atoms with van der Waals surface area (Å²) in [5.74, 6) is 0.322. The Morgan fingerprint density at radius 1 is 1.25 bits per heavy atom. The summed E-state index contributed by atoms with van der Waals surface area (Å²) in [5.41, 5.74) is 7.43. The van der Waals surface area contributed by atoms with Crippen molar-refractivity contribution >= 4 is 21.4 Å². The fraction of sp³-hybridized carbons (Fsp3) is 0.214. The molecule has 0 radical (unpaired) electrons. The van der Waals surface area contributed by atoms with Crippen LogP contribution in [0.2, 0.25) is 0 Å². The van der Waals surface area contributed by atoms with Gasteiger partial charge in [-0.25, -0.2) is 8.42 Å². The maximum absolute atomic E-state index is 12.3. The second-order valence-electron chi connectivity index (χ2n) is 4.80. The van der Waals surface area contributed by atoms with E-state index in [2.05, 4.69) is 9.71 Å². The molecule has 1 aromatic carbocycles. The molecule has 0 saturated carbocycles. The molecule has 2 aromatic rings. The summed E-state index contributed by atoms with van der Waals surface area (Å²) in [6.07, 6.45) is 2.69. The van der Waals surface area contributed by atoms with Gasteiger partial charge in [-0.05, 0) is 29.7 Å². The van der Waals surface area contributed by atoms with Gasteiger partial charge in [-0.15, -0.1) is 0 Å². The van der Waals surface area contributed by atoms with E-state index < -0.39 is 10.0 Å².